The highest BCUT2D eigenvalue weighted by Crippen LogP contribution is 2.21. The Labute approximate surface area is 124 Å². The van der Waals surface area contributed by atoms with Gasteiger partial charge in [0.15, 0.2) is 0 Å². The lowest BCUT2D eigenvalue weighted by atomic mass is 10.2. The molecule has 1 aliphatic rings. The van der Waals surface area contributed by atoms with E-state index in [1.54, 1.807) is 4.90 Å². The summed E-state index contributed by atoms with van der Waals surface area (Å²) in [5.41, 5.74) is 1.53. The molecule has 6 heteroatoms. The van der Waals surface area contributed by atoms with E-state index in [2.05, 4.69) is 16.0 Å². The van der Waals surface area contributed by atoms with Crippen LogP contribution in [0.1, 0.15) is 19.3 Å². The van der Waals surface area contributed by atoms with Gasteiger partial charge in [0.2, 0.25) is 5.91 Å². The van der Waals surface area contributed by atoms with E-state index in [1.165, 1.54) is 0 Å². The van der Waals surface area contributed by atoms with E-state index >= 15 is 0 Å². The van der Waals surface area contributed by atoms with Crippen molar-refractivity contribution in [2.45, 2.75) is 19.3 Å². The molecular formula is C15H22N4O2. The van der Waals surface area contributed by atoms with Crippen LogP contribution in [0.2, 0.25) is 0 Å². The normalized spacial score (nSPS) is 14.7. The number of hydrogen-bond donors (Lipinski definition) is 3. The van der Waals surface area contributed by atoms with Gasteiger partial charge < -0.3 is 16.0 Å². The number of rotatable bonds is 6. The van der Waals surface area contributed by atoms with E-state index in [9.17, 15) is 9.59 Å². The zero-order valence-electron chi connectivity index (χ0n) is 12.3. The molecule has 114 valence electrons. The third-order valence-electron chi connectivity index (χ3n) is 3.35. The van der Waals surface area contributed by atoms with Crippen LogP contribution in [0.5, 0.6) is 0 Å². The standard InChI is InChI=1S/C15H22N4O2/c1-16-8-3-7-14(20)18-12-5-2-6-13(11-12)19-10-4-9-17-15(19)21/h2,5-6,11,16H,3-4,7-10H2,1H3,(H,17,21)(H,18,20). The number of nitrogens with zero attached hydrogens (tertiary/aromatic N) is 1. The molecule has 1 heterocycles. The molecule has 6 nitrogen and oxygen atoms in total. The Morgan fingerprint density at radius 2 is 2.29 bits per heavy atom. The van der Waals surface area contributed by atoms with Crippen LogP contribution in [0.15, 0.2) is 24.3 Å². The number of urea groups is 1. The van der Waals surface area contributed by atoms with Crippen molar-refractivity contribution in [1.82, 2.24) is 10.6 Å². The predicted octanol–water partition coefficient (Wildman–Crippen LogP) is 1.54. The molecule has 1 saturated heterocycles. The van der Waals surface area contributed by atoms with Crippen molar-refractivity contribution in [3.05, 3.63) is 24.3 Å². The average molecular weight is 290 g/mol. The first-order chi connectivity index (χ1) is 10.2. The molecule has 3 amide bonds. The molecule has 21 heavy (non-hydrogen) atoms. The monoisotopic (exact) mass is 290 g/mol. The SMILES string of the molecule is CNCCCC(=O)Nc1cccc(N2CCCNC2=O)c1. The summed E-state index contributed by atoms with van der Waals surface area (Å²) in [5, 5.41) is 8.70. The second-order valence-electron chi connectivity index (χ2n) is 5.04. The minimum Gasteiger partial charge on any atom is -0.338 e. The van der Waals surface area contributed by atoms with E-state index < -0.39 is 0 Å². The first kappa shape index (κ1) is 15.3. The lowest BCUT2D eigenvalue weighted by Crippen LogP contribution is -2.46. The maximum absolute atomic E-state index is 11.8. The molecule has 1 fully saturated rings. The molecule has 0 radical (unpaired) electrons. The molecule has 0 saturated carbocycles. The van der Waals surface area contributed by atoms with Gasteiger partial charge in [0.25, 0.3) is 0 Å². The molecule has 1 aromatic rings. The second-order valence-corrected chi connectivity index (χ2v) is 5.04. The van der Waals surface area contributed by atoms with Crippen molar-refractivity contribution < 1.29 is 9.59 Å². The molecule has 0 unspecified atom stereocenters. The van der Waals surface area contributed by atoms with Gasteiger partial charge in [-0.3, -0.25) is 9.69 Å². The van der Waals surface area contributed by atoms with Gasteiger partial charge >= 0.3 is 6.03 Å². The molecule has 1 aromatic carbocycles. The van der Waals surface area contributed by atoms with E-state index in [-0.39, 0.29) is 11.9 Å². The minimum absolute atomic E-state index is 0.00880. The summed E-state index contributed by atoms with van der Waals surface area (Å²) < 4.78 is 0. The third-order valence-corrected chi connectivity index (χ3v) is 3.35. The highest BCUT2D eigenvalue weighted by Gasteiger charge is 2.19. The summed E-state index contributed by atoms with van der Waals surface area (Å²) in [6.45, 7) is 2.24. The summed E-state index contributed by atoms with van der Waals surface area (Å²) >= 11 is 0. The Bertz CT molecular complexity index is 504. The summed E-state index contributed by atoms with van der Waals surface area (Å²) in [6.07, 6.45) is 2.21. The molecule has 0 spiro atoms. The first-order valence-corrected chi connectivity index (χ1v) is 7.30. The molecule has 3 N–H and O–H groups in total. The van der Waals surface area contributed by atoms with Gasteiger partial charge in [0, 0.05) is 30.9 Å². The highest BCUT2D eigenvalue weighted by molar-refractivity contribution is 5.95. The van der Waals surface area contributed by atoms with Crippen LogP contribution in [0, 0.1) is 0 Å². The smallest absolute Gasteiger partial charge is 0.321 e. The first-order valence-electron chi connectivity index (χ1n) is 7.30. The van der Waals surface area contributed by atoms with Crippen LogP contribution < -0.4 is 20.9 Å². The number of anilines is 2. The Morgan fingerprint density at radius 1 is 1.43 bits per heavy atom. The summed E-state index contributed by atoms with van der Waals surface area (Å²) in [5.74, 6) is -0.00880. The molecule has 0 atom stereocenters. The number of benzene rings is 1. The number of carbonyl (C=O) groups excluding carboxylic acids is 2. The van der Waals surface area contributed by atoms with Gasteiger partial charge in [-0.1, -0.05) is 6.07 Å². The van der Waals surface area contributed by atoms with Crippen LogP contribution >= 0.6 is 0 Å². The number of amides is 3. The topological polar surface area (TPSA) is 73.5 Å². The van der Waals surface area contributed by atoms with Gasteiger partial charge in [0.05, 0.1) is 0 Å². The molecule has 2 rings (SSSR count). The van der Waals surface area contributed by atoms with Crippen LogP contribution in [0.4, 0.5) is 16.2 Å². The van der Waals surface area contributed by atoms with Crippen molar-refractivity contribution in [3.63, 3.8) is 0 Å². The van der Waals surface area contributed by atoms with Crippen molar-refractivity contribution >= 4 is 23.3 Å². The van der Waals surface area contributed by atoms with Gasteiger partial charge in [-0.05, 0) is 44.6 Å². The van der Waals surface area contributed by atoms with E-state index in [4.69, 9.17) is 0 Å². The van der Waals surface area contributed by atoms with Crippen LogP contribution in [-0.4, -0.2) is 38.6 Å². The molecular weight excluding hydrogens is 268 g/mol. The van der Waals surface area contributed by atoms with Crippen LogP contribution in [0.25, 0.3) is 0 Å². The van der Waals surface area contributed by atoms with Crippen molar-refractivity contribution in [1.29, 1.82) is 0 Å². The van der Waals surface area contributed by atoms with Crippen molar-refractivity contribution in [3.8, 4) is 0 Å². The van der Waals surface area contributed by atoms with Crippen LogP contribution in [-0.2, 0) is 4.79 Å². The molecule has 0 bridgehead atoms. The fourth-order valence-electron chi connectivity index (χ4n) is 2.28. The average Bonchev–Trinajstić information content (AvgIpc) is 2.48. The Kier molecular flexibility index (Phi) is 5.57. The predicted molar refractivity (Wildman–Crippen MR) is 83.6 cm³/mol. The van der Waals surface area contributed by atoms with E-state index in [1.807, 2.05) is 31.3 Å². The quantitative estimate of drug-likeness (QED) is 0.696. The van der Waals surface area contributed by atoms with Crippen LogP contribution in [0.3, 0.4) is 0 Å². The summed E-state index contributed by atoms with van der Waals surface area (Å²) in [4.78, 5) is 25.3. The molecule has 1 aliphatic heterocycles. The second kappa shape index (κ2) is 7.64. The van der Waals surface area contributed by atoms with Gasteiger partial charge in [-0.25, -0.2) is 4.79 Å². The largest absolute Gasteiger partial charge is 0.338 e. The lowest BCUT2D eigenvalue weighted by molar-refractivity contribution is -0.116. The highest BCUT2D eigenvalue weighted by atomic mass is 16.2. The summed E-state index contributed by atoms with van der Waals surface area (Å²) in [6, 6.07) is 7.31. The van der Waals surface area contributed by atoms with E-state index in [0.29, 0.717) is 13.0 Å². The molecule has 0 aliphatic carbocycles. The fraction of sp³-hybridized carbons (Fsp3) is 0.467. The lowest BCUT2D eigenvalue weighted by Gasteiger charge is -2.27. The van der Waals surface area contributed by atoms with E-state index in [0.717, 1.165) is 37.3 Å². The fourth-order valence-corrected chi connectivity index (χ4v) is 2.28. The zero-order chi connectivity index (χ0) is 15.1. The molecule has 0 aromatic heterocycles. The van der Waals surface area contributed by atoms with Gasteiger partial charge in [-0.15, -0.1) is 0 Å². The minimum atomic E-state index is -0.0845. The maximum atomic E-state index is 11.8. The van der Waals surface area contributed by atoms with Crippen molar-refractivity contribution in [2.24, 2.45) is 0 Å². The third kappa shape index (κ3) is 4.46. The Morgan fingerprint density at radius 3 is 3.05 bits per heavy atom. The Hall–Kier alpha value is -2.08. The van der Waals surface area contributed by atoms with Gasteiger partial charge in [-0.2, -0.15) is 0 Å². The number of nitrogens with one attached hydrogen (secondary N) is 3. The Balaban J connectivity index is 1.97. The van der Waals surface area contributed by atoms with Crippen molar-refractivity contribution in [2.75, 3.05) is 36.9 Å². The van der Waals surface area contributed by atoms with Gasteiger partial charge in [0.1, 0.15) is 0 Å². The number of carbonyl (C=O) groups is 2. The zero-order valence-corrected chi connectivity index (χ0v) is 12.3. The number of hydrogen-bond acceptors (Lipinski definition) is 3. The summed E-state index contributed by atoms with van der Waals surface area (Å²) in [7, 11) is 1.87. The maximum Gasteiger partial charge on any atom is 0.321 e.